The zero-order valence-corrected chi connectivity index (χ0v) is 17.2. The first kappa shape index (κ1) is 21.6. The van der Waals surface area contributed by atoms with Crippen LogP contribution in [-0.2, 0) is 11.2 Å². The normalized spacial score (nSPS) is 33.6. The fraction of sp³-hybridized carbons (Fsp3) is 0.739. The van der Waals surface area contributed by atoms with E-state index in [0.29, 0.717) is 12.3 Å². The van der Waals surface area contributed by atoms with Crippen LogP contribution in [0.2, 0.25) is 0 Å². The van der Waals surface area contributed by atoms with Crippen molar-refractivity contribution in [3.63, 3.8) is 0 Å². The third kappa shape index (κ3) is 5.07. The molecule has 1 aromatic rings. The summed E-state index contributed by atoms with van der Waals surface area (Å²) >= 11 is 0. The monoisotopic (exact) mass is 392 g/mol. The number of aliphatic hydroxyl groups is 3. The summed E-state index contributed by atoms with van der Waals surface area (Å²) in [4.78, 5) is 0. The van der Waals surface area contributed by atoms with Gasteiger partial charge in [-0.1, -0.05) is 38.7 Å². The van der Waals surface area contributed by atoms with Gasteiger partial charge in [0.05, 0.1) is 25.9 Å². The topological polar surface area (TPSA) is 79.2 Å². The first-order chi connectivity index (χ1) is 13.5. The van der Waals surface area contributed by atoms with Gasteiger partial charge in [0, 0.05) is 6.42 Å². The molecule has 158 valence electrons. The molecule has 1 aliphatic carbocycles. The van der Waals surface area contributed by atoms with E-state index in [-0.39, 0.29) is 12.7 Å². The molecule has 1 unspecified atom stereocenters. The van der Waals surface area contributed by atoms with Crippen molar-refractivity contribution in [2.75, 3.05) is 13.7 Å². The van der Waals surface area contributed by atoms with Gasteiger partial charge in [-0.3, -0.25) is 0 Å². The van der Waals surface area contributed by atoms with Crippen LogP contribution < -0.4 is 4.74 Å². The van der Waals surface area contributed by atoms with Crippen molar-refractivity contribution in [2.45, 2.75) is 82.7 Å². The van der Waals surface area contributed by atoms with Crippen molar-refractivity contribution in [3.8, 4) is 5.75 Å². The maximum atomic E-state index is 10.1. The zero-order chi connectivity index (χ0) is 20.1. The Morgan fingerprint density at radius 2 is 1.82 bits per heavy atom. The molecule has 1 saturated heterocycles. The molecule has 2 aliphatic rings. The van der Waals surface area contributed by atoms with Crippen LogP contribution in [0.15, 0.2) is 18.2 Å². The molecule has 1 saturated carbocycles. The van der Waals surface area contributed by atoms with Crippen LogP contribution in [0, 0.1) is 11.8 Å². The number of rotatable bonds is 7. The van der Waals surface area contributed by atoms with Crippen molar-refractivity contribution in [3.05, 3.63) is 29.3 Å². The molecular weight excluding hydrogens is 356 g/mol. The lowest BCUT2D eigenvalue weighted by Gasteiger charge is -2.37. The number of hydrogen-bond acceptors (Lipinski definition) is 5. The molecule has 0 aromatic heterocycles. The van der Waals surface area contributed by atoms with Gasteiger partial charge in [-0.2, -0.15) is 0 Å². The lowest BCUT2D eigenvalue weighted by molar-refractivity contribution is -0.181. The first-order valence-corrected chi connectivity index (χ1v) is 10.8. The Labute approximate surface area is 168 Å². The molecule has 1 aromatic carbocycles. The number of aliphatic hydroxyl groups excluding tert-OH is 3. The maximum Gasteiger partial charge on any atom is 0.122 e. The lowest BCUT2D eigenvalue weighted by atomic mass is 9.77. The molecule has 1 aliphatic heterocycles. The molecule has 3 rings (SSSR count). The van der Waals surface area contributed by atoms with Crippen LogP contribution in [0.1, 0.15) is 69.1 Å². The molecular formula is C23H36O5. The van der Waals surface area contributed by atoms with E-state index in [0.717, 1.165) is 23.7 Å². The zero-order valence-electron chi connectivity index (χ0n) is 17.2. The highest BCUT2D eigenvalue weighted by molar-refractivity contribution is 5.39. The molecule has 5 nitrogen and oxygen atoms in total. The van der Waals surface area contributed by atoms with Crippen molar-refractivity contribution in [2.24, 2.45) is 11.8 Å². The molecule has 28 heavy (non-hydrogen) atoms. The minimum atomic E-state index is -1.04. The van der Waals surface area contributed by atoms with Crippen molar-refractivity contribution >= 4 is 0 Å². The summed E-state index contributed by atoms with van der Waals surface area (Å²) < 4.78 is 11.5. The van der Waals surface area contributed by atoms with E-state index >= 15 is 0 Å². The molecule has 2 fully saturated rings. The van der Waals surface area contributed by atoms with Crippen LogP contribution in [0.4, 0.5) is 0 Å². The third-order valence-corrected chi connectivity index (χ3v) is 6.60. The molecule has 4 atom stereocenters. The summed E-state index contributed by atoms with van der Waals surface area (Å²) in [6.07, 6.45) is 6.13. The van der Waals surface area contributed by atoms with Crippen LogP contribution in [0.5, 0.6) is 5.75 Å². The highest BCUT2D eigenvalue weighted by Gasteiger charge is 2.37. The summed E-state index contributed by atoms with van der Waals surface area (Å²) in [5, 5.41) is 29.5. The Kier molecular flexibility index (Phi) is 7.75. The highest BCUT2D eigenvalue weighted by atomic mass is 16.5. The molecule has 0 spiro atoms. The van der Waals surface area contributed by atoms with E-state index in [1.54, 1.807) is 7.11 Å². The molecule has 3 N–H and O–H groups in total. The predicted octanol–water partition coefficient (Wildman–Crippen LogP) is 3.39. The quantitative estimate of drug-likeness (QED) is 0.663. The second kappa shape index (κ2) is 10.1. The lowest BCUT2D eigenvalue weighted by Crippen LogP contribution is -2.47. The molecule has 0 amide bonds. The van der Waals surface area contributed by atoms with E-state index in [2.05, 4.69) is 13.0 Å². The summed E-state index contributed by atoms with van der Waals surface area (Å²) in [5.41, 5.74) is 2.16. The van der Waals surface area contributed by atoms with E-state index in [1.165, 1.54) is 44.1 Å². The van der Waals surface area contributed by atoms with Crippen molar-refractivity contribution < 1.29 is 24.8 Å². The van der Waals surface area contributed by atoms with Crippen LogP contribution in [-0.4, -0.2) is 47.3 Å². The molecule has 1 heterocycles. The summed E-state index contributed by atoms with van der Waals surface area (Å²) in [6, 6.07) is 6.06. The average molecular weight is 393 g/mol. The van der Waals surface area contributed by atoms with Gasteiger partial charge < -0.3 is 24.8 Å². The fourth-order valence-electron chi connectivity index (χ4n) is 4.92. The minimum Gasteiger partial charge on any atom is -0.496 e. The van der Waals surface area contributed by atoms with Crippen LogP contribution >= 0.6 is 0 Å². The van der Waals surface area contributed by atoms with Gasteiger partial charge in [-0.15, -0.1) is 0 Å². The predicted molar refractivity (Wildman–Crippen MR) is 108 cm³/mol. The Morgan fingerprint density at radius 3 is 2.46 bits per heavy atom. The third-order valence-electron chi connectivity index (χ3n) is 6.60. The second-order valence-electron chi connectivity index (χ2n) is 8.59. The minimum absolute atomic E-state index is 0.307. The molecule has 5 heteroatoms. The van der Waals surface area contributed by atoms with Gasteiger partial charge in [0.1, 0.15) is 18.0 Å². The first-order valence-electron chi connectivity index (χ1n) is 10.8. The van der Waals surface area contributed by atoms with E-state index in [1.807, 2.05) is 12.1 Å². The Morgan fingerprint density at radius 1 is 1.11 bits per heavy atom. The summed E-state index contributed by atoms with van der Waals surface area (Å²) in [5.74, 6) is 2.48. The standard InChI is InChI=1S/C23H36O5/c1-3-4-15-5-7-16(8-6-15)11-18-12-17(9-10-20(18)27-2)21-13-19(25)23(26)22(14-24)28-21/h9-10,12,15-16,19,21-26H,3-8,11,13-14H2,1-2H3/t15?,16?,19-,21?,22-,23+/m1/s1. The molecule has 0 bridgehead atoms. The highest BCUT2D eigenvalue weighted by Crippen LogP contribution is 2.37. The van der Waals surface area contributed by atoms with Crippen LogP contribution in [0.3, 0.4) is 0 Å². The largest absolute Gasteiger partial charge is 0.496 e. The summed E-state index contributed by atoms with van der Waals surface area (Å²) in [7, 11) is 1.70. The Balaban J connectivity index is 1.70. The van der Waals surface area contributed by atoms with Gasteiger partial charge in [0.15, 0.2) is 0 Å². The van der Waals surface area contributed by atoms with Gasteiger partial charge >= 0.3 is 0 Å². The van der Waals surface area contributed by atoms with E-state index in [9.17, 15) is 15.3 Å². The Hall–Kier alpha value is -1.14. The van der Waals surface area contributed by atoms with Crippen LogP contribution in [0.25, 0.3) is 0 Å². The smallest absolute Gasteiger partial charge is 0.122 e. The molecule has 0 radical (unpaired) electrons. The van der Waals surface area contributed by atoms with Gasteiger partial charge in [-0.25, -0.2) is 0 Å². The van der Waals surface area contributed by atoms with Gasteiger partial charge in [0.2, 0.25) is 0 Å². The fourth-order valence-corrected chi connectivity index (χ4v) is 4.92. The number of methoxy groups -OCH3 is 1. The SMILES string of the molecule is CCCC1CCC(Cc2cc(C3C[C@@H](O)[C@H](O)[C@@H](CO)O3)ccc2OC)CC1. The average Bonchev–Trinajstić information content (AvgIpc) is 2.71. The second-order valence-corrected chi connectivity index (χ2v) is 8.59. The Bertz CT molecular complexity index is 611. The number of ether oxygens (including phenoxy) is 2. The van der Waals surface area contributed by atoms with E-state index in [4.69, 9.17) is 9.47 Å². The maximum absolute atomic E-state index is 10.1. The van der Waals surface area contributed by atoms with Crippen molar-refractivity contribution in [1.29, 1.82) is 0 Å². The summed E-state index contributed by atoms with van der Waals surface area (Å²) in [6.45, 7) is 1.96. The van der Waals surface area contributed by atoms with E-state index < -0.39 is 18.3 Å². The van der Waals surface area contributed by atoms with Gasteiger partial charge in [0.25, 0.3) is 0 Å². The number of benzene rings is 1. The van der Waals surface area contributed by atoms with Gasteiger partial charge in [-0.05, 0) is 54.4 Å². The number of hydrogen-bond donors (Lipinski definition) is 3. The van der Waals surface area contributed by atoms with Crippen molar-refractivity contribution in [1.82, 2.24) is 0 Å².